The molecule has 0 radical (unpaired) electrons. The third kappa shape index (κ3) is 4.47. The van der Waals surface area contributed by atoms with Gasteiger partial charge in [-0.1, -0.05) is 12.1 Å². The number of benzene rings is 1. The summed E-state index contributed by atoms with van der Waals surface area (Å²) in [5.74, 6) is 2.62. The molecule has 6 heteroatoms. The Morgan fingerprint density at radius 1 is 1.28 bits per heavy atom. The third-order valence-corrected chi connectivity index (χ3v) is 6.20. The molecule has 2 aliphatic rings. The van der Waals surface area contributed by atoms with Crippen molar-refractivity contribution in [3.8, 4) is 5.75 Å². The smallest absolute Gasteiger partial charge is 0.227 e. The van der Waals surface area contributed by atoms with Crippen LogP contribution in [0.1, 0.15) is 54.7 Å². The zero-order valence-electron chi connectivity index (χ0n) is 17.5. The predicted molar refractivity (Wildman–Crippen MR) is 111 cm³/mol. The van der Waals surface area contributed by atoms with E-state index in [9.17, 15) is 4.79 Å². The zero-order valence-corrected chi connectivity index (χ0v) is 17.5. The van der Waals surface area contributed by atoms with Gasteiger partial charge in [0.2, 0.25) is 5.91 Å². The van der Waals surface area contributed by atoms with Crippen LogP contribution in [0.25, 0.3) is 0 Å². The first-order chi connectivity index (χ1) is 14.2. The minimum atomic E-state index is 0.188. The van der Waals surface area contributed by atoms with Gasteiger partial charge in [-0.2, -0.15) is 0 Å². The predicted octanol–water partition coefficient (Wildman–Crippen LogP) is 3.50. The van der Waals surface area contributed by atoms with Gasteiger partial charge in [-0.25, -0.2) is 4.98 Å². The van der Waals surface area contributed by atoms with Crippen molar-refractivity contribution in [2.24, 2.45) is 0 Å². The van der Waals surface area contributed by atoms with Gasteiger partial charge in [0.25, 0.3) is 0 Å². The molecule has 0 unspecified atom stereocenters. The molecular weight excluding hydrogens is 366 g/mol. The topological polar surface area (TPSA) is 56.6 Å². The summed E-state index contributed by atoms with van der Waals surface area (Å²) in [5.41, 5.74) is 2.19. The molecule has 3 heterocycles. The van der Waals surface area contributed by atoms with E-state index in [0.717, 1.165) is 63.3 Å². The number of nitrogens with zero attached hydrogens (tertiary/aromatic N) is 3. The SMILES string of the molecule is COc1cccc(CC(=O)N2CCC[C@H](n3c(C)cnc3C3CCOCC3)C2)c1. The number of ether oxygens (including phenoxy) is 2. The monoisotopic (exact) mass is 397 g/mol. The van der Waals surface area contributed by atoms with Crippen LogP contribution in [0.3, 0.4) is 0 Å². The largest absolute Gasteiger partial charge is 0.497 e. The highest BCUT2D eigenvalue weighted by Crippen LogP contribution is 2.32. The molecule has 0 spiro atoms. The normalized spacial score (nSPS) is 20.6. The van der Waals surface area contributed by atoms with Crippen LogP contribution >= 0.6 is 0 Å². The van der Waals surface area contributed by atoms with E-state index < -0.39 is 0 Å². The highest BCUT2D eigenvalue weighted by Gasteiger charge is 2.30. The second-order valence-corrected chi connectivity index (χ2v) is 8.18. The van der Waals surface area contributed by atoms with Gasteiger partial charge in [-0.15, -0.1) is 0 Å². The molecule has 2 aliphatic heterocycles. The second kappa shape index (κ2) is 8.99. The highest BCUT2D eigenvalue weighted by molar-refractivity contribution is 5.79. The second-order valence-electron chi connectivity index (χ2n) is 8.18. The Morgan fingerprint density at radius 2 is 2.10 bits per heavy atom. The summed E-state index contributed by atoms with van der Waals surface area (Å²) in [6, 6.07) is 8.09. The van der Waals surface area contributed by atoms with E-state index in [2.05, 4.69) is 11.5 Å². The molecule has 156 valence electrons. The van der Waals surface area contributed by atoms with Gasteiger partial charge in [0.15, 0.2) is 0 Å². The Morgan fingerprint density at radius 3 is 2.90 bits per heavy atom. The standard InChI is InChI=1S/C23H31N3O3/c1-17-15-24-23(19-8-11-29-12-9-19)26(17)20-6-4-10-25(16-20)22(27)14-18-5-3-7-21(13-18)28-2/h3,5,7,13,15,19-20H,4,6,8-12,14,16H2,1-2H3/t20-/m0/s1. The average molecular weight is 398 g/mol. The summed E-state index contributed by atoms with van der Waals surface area (Å²) in [5, 5.41) is 0. The lowest BCUT2D eigenvalue weighted by Gasteiger charge is -2.36. The van der Waals surface area contributed by atoms with Crippen LogP contribution in [0.2, 0.25) is 0 Å². The molecule has 6 nitrogen and oxygen atoms in total. The molecule has 2 aromatic rings. The summed E-state index contributed by atoms with van der Waals surface area (Å²) in [4.78, 5) is 19.8. The van der Waals surface area contributed by atoms with E-state index in [-0.39, 0.29) is 5.91 Å². The van der Waals surface area contributed by atoms with Crippen LogP contribution in [0, 0.1) is 6.92 Å². The molecule has 0 N–H and O–H groups in total. The number of hydrogen-bond donors (Lipinski definition) is 0. The van der Waals surface area contributed by atoms with Gasteiger partial charge in [0.1, 0.15) is 11.6 Å². The first kappa shape index (κ1) is 20.0. The molecule has 1 aromatic carbocycles. The number of hydrogen-bond acceptors (Lipinski definition) is 4. The maximum atomic E-state index is 13.0. The van der Waals surface area contributed by atoms with Gasteiger partial charge >= 0.3 is 0 Å². The molecule has 4 rings (SSSR count). The molecule has 29 heavy (non-hydrogen) atoms. The van der Waals surface area contributed by atoms with E-state index >= 15 is 0 Å². The van der Waals surface area contributed by atoms with Crippen LogP contribution in [0.4, 0.5) is 0 Å². The van der Waals surface area contributed by atoms with Gasteiger partial charge in [0.05, 0.1) is 19.6 Å². The van der Waals surface area contributed by atoms with Crippen LogP contribution in [-0.4, -0.2) is 53.8 Å². The average Bonchev–Trinajstić information content (AvgIpc) is 3.16. The molecule has 0 saturated carbocycles. The number of aromatic nitrogens is 2. The Kier molecular flexibility index (Phi) is 6.19. The molecule has 2 saturated heterocycles. The van der Waals surface area contributed by atoms with E-state index in [1.54, 1.807) is 7.11 Å². The number of carbonyl (C=O) groups excluding carboxylic acids is 1. The van der Waals surface area contributed by atoms with Crippen LogP contribution in [0.15, 0.2) is 30.5 Å². The van der Waals surface area contributed by atoms with E-state index in [1.807, 2.05) is 35.4 Å². The summed E-state index contributed by atoms with van der Waals surface area (Å²) >= 11 is 0. The van der Waals surface area contributed by atoms with Gasteiger partial charge in [-0.05, 0) is 50.3 Å². The van der Waals surface area contributed by atoms with Crippen molar-refractivity contribution >= 4 is 5.91 Å². The fourth-order valence-electron chi connectivity index (χ4n) is 4.66. The Balaban J connectivity index is 1.47. The van der Waals surface area contributed by atoms with Crippen molar-refractivity contribution in [3.63, 3.8) is 0 Å². The van der Waals surface area contributed by atoms with E-state index in [0.29, 0.717) is 18.4 Å². The minimum absolute atomic E-state index is 0.188. The summed E-state index contributed by atoms with van der Waals surface area (Å²) < 4.78 is 13.2. The van der Waals surface area contributed by atoms with Crippen LogP contribution in [-0.2, 0) is 16.0 Å². The zero-order chi connectivity index (χ0) is 20.2. The number of piperidine rings is 1. The molecular formula is C23H31N3O3. The lowest BCUT2D eigenvalue weighted by Crippen LogP contribution is -2.42. The van der Waals surface area contributed by atoms with Crippen molar-refractivity contribution in [1.82, 2.24) is 14.5 Å². The number of imidazole rings is 1. The van der Waals surface area contributed by atoms with Crippen molar-refractivity contribution in [2.45, 2.75) is 51.0 Å². The number of aryl methyl sites for hydroxylation is 1. The molecule has 1 amide bonds. The van der Waals surface area contributed by atoms with Crippen LogP contribution in [0.5, 0.6) is 5.75 Å². The number of amides is 1. The van der Waals surface area contributed by atoms with Gasteiger partial charge < -0.3 is 18.9 Å². The van der Waals surface area contributed by atoms with Crippen LogP contribution < -0.4 is 4.74 Å². The number of rotatable bonds is 5. The minimum Gasteiger partial charge on any atom is -0.497 e. The van der Waals surface area contributed by atoms with E-state index in [1.165, 1.54) is 11.5 Å². The van der Waals surface area contributed by atoms with Gasteiger partial charge in [-0.3, -0.25) is 4.79 Å². The number of methoxy groups -OCH3 is 1. The maximum Gasteiger partial charge on any atom is 0.227 e. The Labute approximate surface area is 172 Å². The molecule has 2 fully saturated rings. The first-order valence-electron chi connectivity index (χ1n) is 10.7. The molecule has 1 aromatic heterocycles. The summed E-state index contributed by atoms with van der Waals surface area (Å²) in [6.45, 7) is 5.35. The van der Waals surface area contributed by atoms with Crippen molar-refractivity contribution in [3.05, 3.63) is 47.5 Å². The summed E-state index contributed by atoms with van der Waals surface area (Å²) in [6.07, 6.45) is 6.58. The number of carbonyl (C=O) groups is 1. The Hall–Kier alpha value is -2.34. The number of likely N-dealkylation sites (tertiary alicyclic amines) is 1. The van der Waals surface area contributed by atoms with Gasteiger partial charge in [0, 0.05) is 44.1 Å². The fourth-order valence-corrected chi connectivity index (χ4v) is 4.66. The highest BCUT2D eigenvalue weighted by atomic mass is 16.5. The lowest BCUT2D eigenvalue weighted by molar-refractivity contribution is -0.132. The maximum absolute atomic E-state index is 13.0. The fraction of sp³-hybridized carbons (Fsp3) is 0.565. The molecule has 0 bridgehead atoms. The van der Waals surface area contributed by atoms with Crippen molar-refractivity contribution in [2.75, 3.05) is 33.4 Å². The third-order valence-electron chi connectivity index (χ3n) is 6.20. The molecule has 0 aliphatic carbocycles. The quantitative estimate of drug-likeness (QED) is 0.775. The lowest BCUT2D eigenvalue weighted by atomic mass is 9.97. The van der Waals surface area contributed by atoms with E-state index in [4.69, 9.17) is 14.5 Å². The molecule has 1 atom stereocenters. The Bertz CT molecular complexity index is 842. The first-order valence-corrected chi connectivity index (χ1v) is 10.7. The van der Waals surface area contributed by atoms with Crippen molar-refractivity contribution < 1.29 is 14.3 Å². The summed E-state index contributed by atoms with van der Waals surface area (Å²) in [7, 11) is 1.65. The van der Waals surface area contributed by atoms with Crippen molar-refractivity contribution in [1.29, 1.82) is 0 Å².